The summed E-state index contributed by atoms with van der Waals surface area (Å²) in [5.74, 6) is 0. The third-order valence-electron chi connectivity index (χ3n) is 2.63. The summed E-state index contributed by atoms with van der Waals surface area (Å²) in [6.07, 6.45) is -1.97. The van der Waals surface area contributed by atoms with Crippen LogP contribution in [0.5, 0.6) is 0 Å². The maximum Gasteiger partial charge on any atom is 0.404 e. The molecule has 0 aliphatic heterocycles. The third kappa shape index (κ3) is 2.54. The smallest absolute Gasteiger partial charge is 0.404 e. The second kappa shape index (κ2) is 4.84. The van der Waals surface area contributed by atoms with Crippen molar-refractivity contribution in [3.8, 4) is 0 Å². The standard InChI is InChI=1S/C13H13NO3/c15-12(8-14-13(16)17)11-7-3-5-9-4-1-2-6-10(9)11/h1-7,12,14-15H,8H2,(H,16,17). The predicted octanol–water partition coefficient (Wildman–Crippen LogP) is 2.14. The fourth-order valence-electron chi connectivity index (χ4n) is 1.83. The summed E-state index contributed by atoms with van der Waals surface area (Å²) in [4.78, 5) is 10.4. The first-order valence-electron chi connectivity index (χ1n) is 5.31. The molecular weight excluding hydrogens is 218 g/mol. The Bertz CT molecular complexity index is 534. The van der Waals surface area contributed by atoms with Gasteiger partial charge in [-0.25, -0.2) is 4.79 Å². The van der Waals surface area contributed by atoms with Crippen LogP contribution in [0.15, 0.2) is 42.5 Å². The largest absolute Gasteiger partial charge is 0.465 e. The molecule has 0 heterocycles. The van der Waals surface area contributed by atoms with Crippen LogP contribution in [0.25, 0.3) is 10.8 Å². The summed E-state index contributed by atoms with van der Waals surface area (Å²) in [5.41, 5.74) is 0.733. The molecule has 0 saturated heterocycles. The van der Waals surface area contributed by atoms with Gasteiger partial charge >= 0.3 is 6.09 Å². The molecule has 1 amide bonds. The van der Waals surface area contributed by atoms with Crippen LogP contribution in [-0.2, 0) is 0 Å². The van der Waals surface area contributed by atoms with Crippen LogP contribution in [0, 0.1) is 0 Å². The average Bonchev–Trinajstić information content (AvgIpc) is 2.35. The van der Waals surface area contributed by atoms with E-state index in [4.69, 9.17) is 5.11 Å². The van der Waals surface area contributed by atoms with Gasteiger partial charge < -0.3 is 15.5 Å². The van der Waals surface area contributed by atoms with Crippen LogP contribution in [0.1, 0.15) is 11.7 Å². The van der Waals surface area contributed by atoms with E-state index in [9.17, 15) is 9.90 Å². The molecule has 0 saturated carbocycles. The van der Waals surface area contributed by atoms with Crippen LogP contribution in [-0.4, -0.2) is 22.9 Å². The number of amides is 1. The predicted molar refractivity (Wildman–Crippen MR) is 64.9 cm³/mol. The summed E-state index contributed by atoms with van der Waals surface area (Å²) in [6, 6.07) is 13.3. The summed E-state index contributed by atoms with van der Waals surface area (Å²) >= 11 is 0. The van der Waals surface area contributed by atoms with E-state index < -0.39 is 12.2 Å². The Hall–Kier alpha value is -2.07. The zero-order valence-electron chi connectivity index (χ0n) is 9.13. The van der Waals surface area contributed by atoms with Crippen molar-refractivity contribution in [2.45, 2.75) is 6.10 Å². The van der Waals surface area contributed by atoms with Gasteiger partial charge in [0.05, 0.1) is 12.6 Å². The van der Waals surface area contributed by atoms with Crippen molar-refractivity contribution in [2.24, 2.45) is 0 Å². The highest BCUT2D eigenvalue weighted by atomic mass is 16.4. The Morgan fingerprint density at radius 3 is 2.65 bits per heavy atom. The number of aliphatic hydroxyl groups excluding tert-OH is 1. The van der Waals surface area contributed by atoms with Crippen molar-refractivity contribution in [2.75, 3.05) is 6.54 Å². The zero-order chi connectivity index (χ0) is 12.3. The Morgan fingerprint density at radius 2 is 1.88 bits per heavy atom. The number of hydrogen-bond donors (Lipinski definition) is 3. The molecule has 0 fully saturated rings. The van der Waals surface area contributed by atoms with Gasteiger partial charge in [0.2, 0.25) is 0 Å². The lowest BCUT2D eigenvalue weighted by Crippen LogP contribution is -2.26. The van der Waals surface area contributed by atoms with Crippen molar-refractivity contribution in [3.63, 3.8) is 0 Å². The van der Waals surface area contributed by atoms with Gasteiger partial charge in [-0.3, -0.25) is 0 Å². The number of benzene rings is 2. The number of aliphatic hydroxyl groups is 1. The van der Waals surface area contributed by atoms with Crippen LogP contribution >= 0.6 is 0 Å². The van der Waals surface area contributed by atoms with Gasteiger partial charge in [0, 0.05) is 0 Å². The molecule has 2 rings (SSSR count). The van der Waals surface area contributed by atoms with Gasteiger partial charge in [0.25, 0.3) is 0 Å². The van der Waals surface area contributed by atoms with Crippen molar-refractivity contribution in [1.82, 2.24) is 5.32 Å². The zero-order valence-corrected chi connectivity index (χ0v) is 9.13. The first-order chi connectivity index (χ1) is 8.18. The molecule has 4 heteroatoms. The topological polar surface area (TPSA) is 69.6 Å². The van der Waals surface area contributed by atoms with E-state index in [1.807, 2.05) is 36.4 Å². The summed E-state index contributed by atoms with van der Waals surface area (Å²) in [7, 11) is 0. The highest BCUT2D eigenvalue weighted by Gasteiger charge is 2.11. The Balaban J connectivity index is 2.31. The molecule has 2 aromatic carbocycles. The minimum Gasteiger partial charge on any atom is -0.465 e. The van der Waals surface area contributed by atoms with E-state index >= 15 is 0 Å². The normalized spacial score (nSPS) is 12.3. The molecule has 1 atom stereocenters. The number of hydrogen-bond acceptors (Lipinski definition) is 2. The van der Waals surface area contributed by atoms with Crippen molar-refractivity contribution < 1.29 is 15.0 Å². The highest BCUT2D eigenvalue weighted by Crippen LogP contribution is 2.23. The maximum atomic E-state index is 10.4. The summed E-state index contributed by atoms with van der Waals surface area (Å²) < 4.78 is 0. The van der Waals surface area contributed by atoms with Gasteiger partial charge in [-0.05, 0) is 16.3 Å². The van der Waals surface area contributed by atoms with E-state index in [0.717, 1.165) is 16.3 Å². The average molecular weight is 231 g/mol. The first-order valence-corrected chi connectivity index (χ1v) is 5.31. The third-order valence-corrected chi connectivity index (χ3v) is 2.63. The van der Waals surface area contributed by atoms with E-state index in [1.165, 1.54) is 0 Å². The molecule has 0 aliphatic carbocycles. The molecule has 1 unspecified atom stereocenters. The summed E-state index contributed by atoms with van der Waals surface area (Å²) in [5, 5.41) is 22.6. The Labute approximate surface area is 98.5 Å². The van der Waals surface area contributed by atoms with E-state index in [2.05, 4.69) is 5.32 Å². The lowest BCUT2D eigenvalue weighted by molar-refractivity contribution is 0.160. The van der Waals surface area contributed by atoms with Crippen LogP contribution in [0.2, 0.25) is 0 Å². The number of carbonyl (C=O) groups is 1. The Kier molecular flexibility index (Phi) is 3.25. The SMILES string of the molecule is O=C(O)NCC(O)c1cccc2ccccc12. The fraction of sp³-hybridized carbons (Fsp3) is 0.154. The lowest BCUT2D eigenvalue weighted by Gasteiger charge is -2.13. The fourth-order valence-corrected chi connectivity index (χ4v) is 1.83. The van der Waals surface area contributed by atoms with Crippen molar-refractivity contribution in [1.29, 1.82) is 0 Å². The minimum atomic E-state index is -1.13. The van der Waals surface area contributed by atoms with E-state index in [1.54, 1.807) is 6.07 Å². The number of rotatable bonds is 3. The molecule has 17 heavy (non-hydrogen) atoms. The molecule has 4 nitrogen and oxygen atoms in total. The molecule has 88 valence electrons. The van der Waals surface area contributed by atoms with Crippen LogP contribution < -0.4 is 5.32 Å². The number of nitrogens with one attached hydrogen (secondary N) is 1. The molecule has 0 spiro atoms. The van der Waals surface area contributed by atoms with Crippen molar-refractivity contribution in [3.05, 3.63) is 48.0 Å². The molecule has 0 aromatic heterocycles. The van der Waals surface area contributed by atoms with E-state index in [-0.39, 0.29) is 6.54 Å². The molecule has 0 radical (unpaired) electrons. The quantitative estimate of drug-likeness (QED) is 0.758. The van der Waals surface area contributed by atoms with E-state index in [0.29, 0.717) is 0 Å². The van der Waals surface area contributed by atoms with Gasteiger partial charge in [-0.1, -0.05) is 42.5 Å². The molecule has 3 N–H and O–H groups in total. The van der Waals surface area contributed by atoms with Crippen molar-refractivity contribution >= 4 is 16.9 Å². The van der Waals surface area contributed by atoms with Gasteiger partial charge in [0.1, 0.15) is 0 Å². The highest BCUT2D eigenvalue weighted by molar-refractivity contribution is 5.86. The van der Waals surface area contributed by atoms with Gasteiger partial charge in [-0.15, -0.1) is 0 Å². The number of carboxylic acid groups (broad SMARTS) is 1. The monoisotopic (exact) mass is 231 g/mol. The minimum absolute atomic E-state index is 0.0106. The molecule has 2 aromatic rings. The van der Waals surface area contributed by atoms with Crippen LogP contribution in [0.3, 0.4) is 0 Å². The first kappa shape index (κ1) is 11.4. The number of fused-ring (bicyclic) bond motifs is 1. The maximum absolute atomic E-state index is 10.4. The molecule has 0 aliphatic rings. The summed E-state index contributed by atoms with van der Waals surface area (Å²) in [6.45, 7) is -0.0106. The second-order valence-corrected chi connectivity index (χ2v) is 3.77. The van der Waals surface area contributed by atoms with Gasteiger partial charge in [-0.2, -0.15) is 0 Å². The van der Waals surface area contributed by atoms with Gasteiger partial charge in [0.15, 0.2) is 0 Å². The second-order valence-electron chi connectivity index (χ2n) is 3.77. The van der Waals surface area contributed by atoms with Crippen LogP contribution in [0.4, 0.5) is 4.79 Å². The molecular formula is C13H13NO3. The molecule has 0 bridgehead atoms. The Morgan fingerprint density at radius 1 is 1.18 bits per heavy atom. The lowest BCUT2D eigenvalue weighted by atomic mass is 10.0.